The minimum atomic E-state index is -0.449. The first-order valence-electron chi connectivity index (χ1n) is 6.59. The second kappa shape index (κ2) is 5.65. The van der Waals surface area contributed by atoms with Crippen LogP contribution in [-0.2, 0) is 0 Å². The van der Waals surface area contributed by atoms with Crippen molar-refractivity contribution in [1.82, 2.24) is 0 Å². The van der Waals surface area contributed by atoms with Gasteiger partial charge in [0.1, 0.15) is 5.76 Å². The van der Waals surface area contributed by atoms with Gasteiger partial charge in [0.05, 0.1) is 10.3 Å². The summed E-state index contributed by atoms with van der Waals surface area (Å²) in [7, 11) is 0. The Morgan fingerprint density at radius 2 is 1.73 bits per heavy atom. The summed E-state index contributed by atoms with van der Waals surface area (Å²) >= 11 is 0. The molecule has 0 aliphatic carbocycles. The van der Waals surface area contributed by atoms with Crippen LogP contribution in [-0.4, -0.2) is 4.92 Å². The Labute approximate surface area is 125 Å². The lowest BCUT2D eigenvalue weighted by Crippen LogP contribution is -1.99. The number of nitrogens with zero attached hydrogens (tertiary/aromatic N) is 1. The number of rotatable bonds is 3. The number of non-ortho nitro benzene ring substituents is 1. The molecule has 108 valence electrons. The van der Waals surface area contributed by atoms with Gasteiger partial charge in [0.2, 0.25) is 0 Å². The van der Waals surface area contributed by atoms with Gasteiger partial charge in [-0.05, 0) is 41.3 Å². The van der Waals surface area contributed by atoms with E-state index < -0.39 is 4.92 Å². The van der Waals surface area contributed by atoms with Crippen molar-refractivity contribution in [2.24, 2.45) is 0 Å². The van der Waals surface area contributed by atoms with Crippen LogP contribution in [0.5, 0.6) is 0 Å². The highest BCUT2D eigenvalue weighted by atomic mass is 16.6. The second-order valence-electron chi connectivity index (χ2n) is 4.71. The van der Waals surface area contributed by atoms with Gasteiger partial charge in [-0.1, -0.05) is 24.3 Å². The van der Waals surface area contributed by atoms with Gasteiger partial charge in [0, 0.05) is 12.1 Å². The van der Waals surface area contributed by atoms with Gasteiger partial charge in [0.25, 0.3) is 5.69 Å². The second-order valence-corrected chi connectivity index (χ2v) is 4.71. The third kappa shape index (κ3) is 2.78. The van der Waals surface area contributed by atoms with Crippen LogP contribution in [0.15, 0.2) is 63.8 Å². The van der Waals surface area contributed by atoms with Crippen molar-refractivity contribution in [2.45, 2.75) is 0 Å². The van der Waals surface area contributed by atoms with Crippen LogP contribution in [0.2, 0.25) is 0 Å². The van der Waals surface area contributed by atoms with Gasteiger partial charge in [-0.3, -0.25) is 10.1 Å². The lowest BCUT2D eigenvalue weighted by Gasteiger charge is -1.98. The molecule has 0 spiro atoms. The maximum Gasteiger partial charge on any atom is 0.344 e. The normalized spacial score (nSPS) is 11.1. The molecule has 0 amide bonds. The zero-order valence-corrected chi connectivity index (χ0v) is 11.4. The number of benzene rings is 2. The predicted molar refractivity (Wildman–Crippen MR) is 84.5 cm³/mol. The van der Waals surface area contributed by atoms with Gasteiger partial charge in [-0.2, -0.15) is 0 Å². The van der Waals surface area contributed by atoms with Crippen LogP contribution in [0.3, 0.4) is 0 Å². The predicted octanol–water partition coefficient (Wildman–Crippen LogP) is 3.87. The highest BCUT2D eigenvalue weighted by Gasteiger charge is 2.03. The van der Waals surface area contributed by atoms with Crippen LogP contribution in [0.25, 0.3) is 22.9 Å². The number of hydrogen-bond acceptors (Lipinski definition) is 4. The van der Waals surface area contributed by atoms with E-state index in [1.54, 1.807) is 42.5 Å². The summed E-state index contributed by atoms with van der Waals surface area (Å²) in [6, 6.07) is 15.1. The summed E-state index contributed by atoms with van der Waals surface area (Å²) in [6.45, 7) is 0. The molecule has 0 atom stereocenters. The Kier molecular flexibility index (Phi) is 3.53. The molecule has 0 radical (unpaired) electrons. The van der Waals surface area contributed by atoms with Crippen LogP contribution < -0.4 is 5.63 Å². The molecule has 0 aliphatic rings. The number of hydrogen-bond donors (Lipinski definition) is 0. The topological polar surface area (TPSA) is 73.3 Å². The SMILES string of the molecule is O=c1oc(C=Cc2ccc([N+](=O)[O-])cc2)cc2ccccc12. The molecule has 3 aromatic rings. The van der Waals surface area contributed by atoms with Gasteiger partial charge in [-0.25, -0.2) is 4.79 Å². The van der Waals surface area contributed by atoms with E-state index in [0.29, 0.717) is 11.1 Å². The van der Waals surface area contributed by atoms with Crippen molar-refractivity contribution in [3.05, 3.63) is 86.5 Å². The molecule has 0 bridgehead atoms. The van der Waals surface area contributed by atoms with E-state index in [0.717, 1.165) is 10.9 Å². The van der Waals surface area contributed by atoms with E-state index >= 15 is 0 Å². The quantitative estimate of drug-likeness (QED) is 0.542. The lowest BCUT2D eigenvalue weighted by atomic mass is 10.1. The van der Waals surface area contributed by atoms with Crippen molar-refractivity contribution < 1.29 is 9.34 Å². The molecule has 5 heteroatoms. The summed E-state index contributed by atoms with van der Waals surface area (Å²) in [5.74, 6) is 0.432. The fraction of sp³-hybridized carbons (Fsp3) is 0. The van der Waals surface area contributed by atoms with Crippen LogP contribution in [0.4, 0.5) is 5.69 Å². The first kappa shape index (κ1) is 13.8. The molecule has 0 N–H and O–H groups in total. The number of nitro groups is 1. The Bertz CT molecular complexity index is 923. The van der Waals surface area contributed by atoms with Gasteiger partial charge in [0.15, 0.2) is 0 Å². The largest absolute Gasteiger partial charge is 0.423 e. The average Bonchev–Trinajstić information content (AvgIpc) is 2.53. The molecule has 1 heterocycles. The third-order valence-electron chi connectivity index (χ3n) is 3.23. The molecular weight excluding hydrogens is 282 g/mol. The molecule has 0 aliphatic heterocycles. The molecule has 2 aromatic carbocycles. The molecular formula is C17H11NO4. The minimum Gasteiger partial charge on any atom is -0.423 e. The number of nitro benzene ring substituents is 1. The zero-order chi connectivity index (χ0) is 15.5. The maximum atomic E-state index is 11.9. The van der Waals surface area contributed by atoms with Crippen molar-refractivity contribution in [1.29, 1.82) is 0 Å². The smallest absolute Gasteiger partial charge is 0.344 e. The molecule has 22 heavy (non-hydrogen) atoms. The van der Waals surface area contributed by atoms with Crippen LogP contribution in [0.1, 0.15) is 11.3 Å². The van der Waals surface area contributed by atoms with Crippen molar-refractivity contribution in [3.63, 3.8) is 0 Å². The van der Waals surface area contributed by atoms with Gasteiger partial charge < -0.3 is 4.42 Å². The van der Waals surface area contributed by atoms with E-state index in [-0.39, 0.29) is 11.3 Å². The summed E-state index contributed by atoms with van der Waals surface area (Å²) in [5, 5.41) is 11.9. The third-order valence-corrected chi connectivity index (χ3v) is 3.23. The summed E-state index contributed by atoms with van der Waals surface area (Å²) in [5.41, 5.74) is 0.428. The number of fused-ring (bicyclic) bond motifs is 1. The maximum absolute atomic E-state index is 11.9. The Morgan fingerprint density at radius 1 is 1.00 bits per heavy atom. The monoisotopic (exact) mass is 293 g/mol. The van der Waals surface area contributed by atoms with E-state index in [4.69, 9.17) is 4.42 Å². The standard InChI is InChI=1S/C17H11NO4/c19-17-16-4-2-1-3-13(16)11-15(22-17)10-7-12-5-8-14(9-6-12)18(20)21/h1-11H. The molecule has 1 aromatic heterocycles. The highest BCUT2D eigenvalue weighted by molar-refractivity contribution is 5.83. The van der Waals surface area contributed by atoms with Crippen molar-refractivity contribution >= 4 is 28.6 Å². The van der Waals surface area contributed by atoms with Crippen molar-refractivity contribution in [2.75, 3.05) is 0 Å². The van der Waals surface area contributed by atoms with Crippen LogP contribution in [0, 0.1) is 10.1 Å². The van der Waals surface area contributed by atoms with E-state index in [9.17, 15) is 14.9 Å². The molecule has 0 saturated carbocycles. The molecule has 0 fully saturated rings. The summed E-state index contributed by atoms with van der Waals surface area (Å²) in [4.78, 5) is 22.0. The molecule has 0 saturated heterocycles. The molecule has 3 rings (SSSR count). The zero-order valence-electron chi connectivity index (χ0n) is 11.4. The molecule has 5 nitrogen and oxygen atoms in total. The van der Waals surface area contributed by atoms with E-state index in [1.165, 1.54) is 12.1 Å². The lowest BCUT2D eigenvalue weighted by molar-refractivity contribution is -0.384. The fourth-order valence-corrected chi connectivity index (χ4v) is 2.12. The Morgan fingerprint density at radius 3 is 2.45 bits per heavy atom. The van der Waals surface area contributed by atoms with Gasteiger partial charge >= 0.3 is 5.63 Å². The van der Waals surface area contributed by atoms with E-state index in [2.05, 4.69) is 0 Å². The average molecular weight is 293 g/mol. The minimum absolute atomic E-state index is 0.0365. The van der Waals surface area contributed by atoms with Crippen LogP contribution >= 0.6 is 0 Å². The summed E-state index contributed by atoms with van der Waals surface area (Å²) < 4.78 is 5.22. The van der Waals surface area contributed by atoms with E-state index in [1.807, 2.05) is 12.1 Å². The van der Waals surface area contributed by atoms with Crippen molar-refractivity contribution in [3.8, 4) is 0 Å². The molecule has 0 unspecified atom stereocenters. The Hall–Kier alpha value is -3.21. The summed E-state index contributed by atoms with van der Waals surface area (Å²) in [6.07, 6.45) is 3.39. The first-order valence-corrected chi connectivity index (χ1v) is 6.59. The van der Waals surface area contributed by atoms with Gasteiger partial charge in [-0.15, -0.1) is 0 Å². The highest BCUT2D eigenvalue weighted by Crippen LogP contribution is 2.16. The first-order chi connectivity index (χ1) is 10.6. The Balaban J connectivity index is 1.92. The fourth-order valence-electron chi connectivity index (χ4n) is 2.12.